The molecule has 1 amide bonds. The summed E-state index contributed by atoms with van der Waals surface area (Å²) in [5.74, 6) is -0.762. The number of rotatable bonds is 10. The van der Waals surface area contributed by atoms with Crippen LogP contribution < -0.4 is 10.6 Å². The molecule has 0 aliphatic rings. The maximum absolute atomic E-state index is 13.0. The Labute approximate surface area is 192 Å². The topological polar surface area (TPSA) is 91.3 Å². The zero-order chi connectivity index (χ0) is 22.9. The Morgan fingerprint density at radius 1 is 1.12 bits per heavy atom. The molecule has 1 unspecified atom stereocenters. The van der Waals surface area contributed by atoms with Gasteiger partial charge in [0.1, 0.15) is 6.04 Å². The molecule has 1 atom stereocenters. The molecular formula is C25H27N3O3S. The third-order valence-electron chi connectivity index (χ3n) is 5.15. The van der Waals surface area contributed by atoms with Crippen LogP contribution in [-0.4, -0.2) is 40.0 Å². The summed E-state index contributed by atoms with van der Waals surface area (Å²) in [5.41, 5.74) is 5.17. The molecule has 0 bridgehead atoms. The Balaban J connectivity index is 1.87. The second-order valence-electron chi connectivity index (χ2n) is 7.44. The number of carboxylic acid groups (broad SMARTS) is 1. The van der Waals surface area contributed by atoms with Gasteiger partial charge in [-0.1, -0.05) is 36.4 Å². The molecule has 0 aliphatic heterocycles. The summed E-state index contributed by atoms with van der Waals surface area (Å²) >= 11 is 1.55. The van der Waals surface area contributed by atoms with Crippen molar-refractivity contribution < 1.29 is 14.7 Å². The number of anilines is 1. The summed E-state index contributed by atoms with van der Waals surface area (Å²) < 4.78 is 0. The molecule has 0 saturated carbocycles. The number of hydrogen-bond acceptors (Lipinski definition) is 5. The Hall–Kier alpha value is -3.32. The molecule has 0 saturated heterocycles. The molecule has 3 N–H and O–H groups in total. The van der Waals surface area contributed by atoms with E-state index in [0.717, 1.165) is 27.9 Å². The minimum Gasteiger partial charge on any atom is -0.480 e. The van der Waals surface area contributed by atoms with E-state index in [0.29, 0.717) is 24.3 Å². The normalized spacial score (nSPS) is 11.6. The predicted molar refractivity (Wildman–Crippen MR) is 130 cm³/mol. The summed E-state index contributed by atoms with van der Waals surface area (Å²) in [6.45, 7) is 2.59. The first-order valence-corrected chi connectivity index (χ1v) is 11.7. The van der Waals surface area contributed by atoms with E-state index < -0.39 is 12.0 Å². The largest absolute Gasteiger partial charge is 0.480 e. The van der Waals surface area contributed by atoms with Crippen molar-refractivity contribution in [2.45, 2.75) is 25.9 Å². The van der Waals surface area contributed by atoms with E-state index in [-0.39, 0.29) is 5.91 Å². The third-order valence-corrected chi connectivity index (χ3v) is 5.79. The number of nitrogens with one attached hydrogen (secondary N) is 2. The Morgan fingerprint density at radius 2 is 1.91 bits per heavy atom. The first-order chi connectivity index (χ1) is 15.5. The number of carbonyl (C=O) groups excluding carboxylic acids is 1. The SMILES string of the molecule is CSCCC(NC(=O)c1ccc(CNc2cnccc2C)cc1-c1ccccc1)C(=O)O. The number of pyridine rings is 1. The van der Waals surface area contributed by atoms with Crippen LogP contribution in [0, 0.1) is 6.92 Å². The fourth-order valence-electron chi connectivity index (χ4n) is 3.33. The molecular weight excluding hydrogens is 422 g/mol. The fraction of sp³-hybridized carbons (Fsp3) is 0.240. The van der Waals surface area contributed by atoms with Crippen molar-refractivity contribution in [2.24, 2.45) is 0 Å². The lowest BCUT2D eigenvalue weighted by atomic mass is 9.96. The van der Waals surface area contributed by atoms with Gasteiger partial charge < -0.3 is 15.7 Å². The number of thioether (sulfide) groups is 1. The van der Waals surface area contributed by atoms with Gasteiger partial charge in [0.05, 0.1) is 11.9 Å². The van der Waals surface area contributed by atoms with Gasteiger partial charge in [-0.15, -0.1) is 0 Å². The van der Waals surface area contributed by atoms with Crippen LogP contribution in [0.1, 0.15) is 27.9 Å². The number of carboxylic acids is 1. The number of benzene rings is 2. The highest BCUT2D eigenvalue weighted by Crippen LogP contribution is 2.26. The van der Waals surface area contributed by atoms with E-state index in [4.69, 9.17) is 0 Å². The highest BCUT2D eigenvalue weighted by Gasteiger charge is 2.22. The van der Waals surface area contributed by atoms with Crippen molar-refractivity contribution in [1.82, 2.24) is 10.3 Å². The molecule has 32 heavy (non-hydrogen) atoms. The number of aromatic nitrogens is 1. The molecule has 0 radical (unpaired) electrons. The van der Waals surface area contributed by atoms with Crippen molar-refractivity contribution in [2.75, 3.05) is 17.3 Å². The first kappa shape index (κ1) is 23.3. The maximum atomic E-state index is 13.0. The smallest absolute Gasteiger partial charge is 0.326 e. The monoisotopic (exact) mass is 449 g/mol. The van der Waals surface area contributed by atoms with Gasteiger partial charge in [-0.2, -0.15) is 11.8 Å². The van der Waals surface area contributed by atoms with E-state index in [1.165, 1.54) is 0 Å². The molecule has 1 heterocycles. The molecule has 2 aromatic carbocycles. The van der Waals surface area contributed by atoms with Crippen LogP contribution in [0.5, 0.6) is 0 Å². The van der Waals surface area contributed by atoms with Gasteiger partial charge in [-0.3, -0.25) is 9.78 Å². The number of aryl methyl sites for hydroxylation is 1. The highest BCUT2D eigenvalue weighted by atomic mass is 32.2. The highest BCUT2D eigenvalue weighted by molar-refractivity contribution is 7.98. The third kappa shape index (κ3) is 6.11. The lowest BCUT2D eigenvalue weighted by Gasteiger charge is -2.17. The molecule has 6 nitrogen and oxygen atoms in total. The quantitative estimate of drug-likeness (QED) is 0.419. The maximum Gasteiger partial charge on any atom is 0.326 e. The molecule has 1 aromatic heterocycles. The summed E-state index contributed by atoms with van der Waals surface area (Å²) in [6.07, 6.45) is 5.82. The van der Waals surface area contributed by atoms with Crippen LogP contribution in [0.3, 0.4) is 0 Å². The second kappa shape index (κ2) is 11.3. The molecule has 166 valence electrons. The van der Waals surface area contributed by atoms with Crippen molar-refractivity contribution in [1.29, 1.82) is 0 Å². The van der Waals surface area contributed by atoms with Gasteiger partial charge in [0.25, 0.3) is 5.91 Å². The Kier molecular flexibility index (Phi) is 8.27. The van der Waals surface area contributed by atoms with Crippen LogP contribution in [-0.2, 0) is 11.3 Å². The Morgan fingerprint density at radius 3 is 2.59 bits per heavy atom. The van der Waals surface area contributed by atoms with Crippen LogP contribution >= 0.6 is 11.8 Å². The minimum absolute atomic E-state index is 0.370. The number of carbonyl (C=O) groups is 2. The number of hydrogen-bond donors (Lipinski definition) is 3. The van der Waals surface area contributed by atoms with E-state index in [1.54, 1.807) is 30.2 Å². The average molecular weight is 450 g/mol. The van der Waals surface area contributed by atoms with E-state index in [1.807, 2.05) is 61.7 Å². The van der Waals surface area contributed by atoms with Crippen molar-refractivity contribution in [3.05, 3.63) is 83.7 Å². The predicted octanol–water partition coefficient (Wildman–Crippen LogP) is 4.61. The molecule has 0 spiro atoms. The lowest BCUT2D eigenvalue weighted by molar-refractivity contribution is -0.139. The molecule has 3 rings (SSSR count). The van der Waals surface area contributed by atoms with Crippen LogP contribution in [0.2, 0.25) is 0 Å². The van der Waals surface area contributed by atoms with E-state index in [9.17, 15) is 14.7 Å². The molecule has 0 aliphatic carbocycles. The lowest BCUT2D eigenvalue weighted by Crippen LogP contribution is -2.41. The van der Waals surface area contributed by atoms with Gasteiger partial charge >= 0.3 is 5.97 Å². The number of amides is 1. The van der Waals surface area contributed by atoms with Crippen LogP contribution in [0.4, 0.5) is 5.69 Å². The van der Waals surface area contributed by atoms with E-state index >= 15 is 0 Å². The number of aliphatic carboxylic acids is 1. The van der Waals surface area contributed by atoms with Crippen molar-refractivity contribution >= 4 is 29.3 Å². The van der Waals surface area contributed by atoms with Gasteiger partial charge in [-0.05, 0) is 65.8 Å². The first-order valence-electron chi connectivity index (χ1n) is 10.3. The zero-order valence-electron chi connectivity index (χ0n) is 18.2. The average Bonchev–Trinajstić information content (AvgIpc) is 2.81. The number of nitrogens with zero attached hydrogens (tertiary/aromatic N) is 1. The summed E-state index contributed by atoms with van der Waals surface area (Å²) in [7, 11) is 0. The van der Waals surface area contributed by atoms with Gasteiger partial charge in [0.15, 0.2) is 0 Å². The standard InChI is InChI=1S/C25H27N3O3S/c1-17-10-12-26-16-23(17)27-15-18-8-9-20(21(14-18)19-6-4-3-5-7-19)24(29)28-22(25(30)31)11-13-32-2/h3-10,12,14,16,22,27H,11,13,15H2,1-2H3,(H,28,29)(H,30,31). The minimum atomic E-state index is -1.03. The summed E-state index contributed by atoms with van der Waals surface area (Å²) in [5, 5.41) is 15.6. The molecule has 0 fully saturated rings. The van der Waals surface area contributed by atoms with Gasteiger partial charge in [0, 0.05) is 18.3 Å². The van der Waals surface area contributed by atoms with Gasteiger partial charge in [-0.25, -0.2) is 4.79 Å². The molecule has 3 aromatic rings. The van der Waals surface area contributed by atoms with Crippen molar-refractivity contribution in [3.8, 4) is 11.1 Å². The van der Waals surface area contributed by atoms with E-state index in [2.05, 4.69) is 15.6 Å². The zero-order valence-corrected chi connectivity index (χ0v) is 19.0. The van der Waals surface area contributed by atoms with Crippen LogP contribution in [0.25, 0.3) is 11.1 Å². The summed E-state index contributed by atoms with van der Waals surface area (Å²) in [6, 6.07) is 16.3. The summed E-state index contributed by atoms with van der Waals surface area (Å²) in [4.78, 5) is 28.8. The Bertz CT molecular complexity index is 1070. The second-order valence-corrected chi connectivity index (χ2v) is 8.42. The fourth-order valence-corrected chi connectivity index (χ4v) is 3.80. The molecule has 7 heteroatoms. The van der Waals surface area contributed by atoms with Gasteiger partial charge in [0.2, 0.25) is 0 Å². The van der Waals surface area contributed by atoms with Crippen molar-refractivity contribution in [3.63, 3.8) is 0 Å². The van der Waals surface area contributed by atoms with Crippen LogP contribution in [0.15, 0.2) is 67.0 Å².